The smallest absolute Gasteiger partial charge is 0.406 e. The number of nitrogens with one attached hydrogen (secondary N) is 1. The molecule has 6 nitrogen and oxygen atoms in total. The summed E-state index contributed by atoms with van der Waals surface area (Å²) in [5, 5.41) is 2.70. The lowest BCUT2D eigenvalue weighted by Gasteiger charge is -2.50. The number of amides is 1. The van der Waals surface area contributed by atoms with Crippen molar-refractivity contribution in [3.05, 3.63) is 58.6 Å². The maximum Gasteiger partial charge on any atom is 0.406 e. The van der Waals surface area contributed by atoms with Gasteiger partial charge < -0.3 is 14.8 Å². The third-order valence-electron chi connectivity index (χ3n) is 6.42. The van der Waals surface area contributed by atoms with Crippen LogP contribution in [-0.4, -0.2) is 34.8 Å². The van der Waals surface area contributed by atoms with Gasteiger partial charge in [0.25, 0.3) is 0 Å². The molecule has 1 fully saturated rings. The zero-order valence-electron chi connectivity index (χ0n) is 17.2. The van der Waals surface area contributed by atoms with Crippen LogP contribution in [0.25, 0.3) is 0 Å². The fourth-order valence-corrected chi connectivity index (χ4v) is 7.54. The van der Waals surface area contributed by atoms with Crippen molar-refractivity contribution in [1.82, 2.24) is 5.32 Å². The quantitative estimate of drug-likeness (QED) is 0.691. The van der Waals surface area contributed by atoms with Crippen LogP contribution in [0.5, 0.6) is 5.75 Å². The van der Waals surface area contributed by atoms with Crippen molar-refractivity contribution in [3.63, 3.8) is 0 Å². The molecule has 2 aromatic carbocycles. The zero-order chi connectivity index (χ0) is 23.1. The van der Waals surface area contributed by atoms with Gasteiger partial charge in [-0.05, 0) is 49.2 Å². The molecule has 2 aromatic rings. The van der Waals surface area contributed by atoms with E-state index < -0.39 is 44.1 Å². The molecule has 1 aliphatic heterocycles. The Labute approximate surface area is 189 Å². The van der Waals surface area contributed by atoms with Gasteiger partial charge >= 0.3 is 6.09 Å². The molecule has 2 aliphatic rings. The standard InChI is InChI=1S/C22H22ClF2NO5S/c1-26-21(27)31-11-13-3-2-10-22(32(28,29)15-6-4-14(23)5-7-15)16(13)12-30-20-18(25)9-8-17(24)19(20)22/h4-9,13,16H,2-3,10-12H2,1H3,(H,26,27). The summed E-state index contributed by atoms with van der Waals surface area (Å²) < 4.78 is 67.1. The van der Waals surface area contributed by atoms with Crippen LogP contribution in [0.4, 0.5) is 13.6 Å². The molecule has 0 saturated heterocycles. The van der Waals surface area contributed by atoms with Crippen molar-refractivity contribution in [2.45, 2.75) is 28.9 Å². The van der Waals surface area contributed by atoms with Gasteiger partial charge in [0.05, 0.1) is 23.7 Å². The molecule has 32 heavy (non-hydrogen) atoms. The fraction of sp³-hybridized carbons (Fsp3) is 0.409. The monoisotopic (exact) mass is 485 g/mol. The van der Waals surface area contributed by atoms with Gasteiger partial charge in [-0.3, -0.25) is 0 Å². The normalized spacial score (nSPS) is 24.6. The number of halogens is 3. The summed E-state index contributed by atoms with van der Waals surface area (Å²) in [7, 11) is -2.82. The highest BCUT2D eigenvalue weighted by atomic mass is 35.5. The van der Waals surface area contributed by atoms with E-state index in [9.17, 15) is 17.6 Å². The number of rotatable bonds is 4. The summed E-state index contributed by atoms with van der Waals surface area (Å²) in [6, 6.07) is 7.45. The van der Waals surface area contributed by atoms with Crippen molar-refractivity contribution in [2.24, 2.45) is 11.8 Å². The minimum atomic E-state index is -4.23. The first-order chi connectivity index (χ1) is 15.2. The molecule has 0 spiro atoms. The van der Waals surface area contributed by atoms with Crippen molar-refractivity contribution in [2.75, 3.05) is 20.3 Å². The second kappa shape index (κ2) is 8.51. The van der Waals surface area contributed by atoms with Crippen LogP contribution in [0.15, 0.2) is 41.3 Å². The molecule has 1 amide bonds. The van der Waals surface area contributed by atoms with Crippen molar-refractivity contribution in [1.29, 1.82) is 0 Å². The molecule has 0 radical (unpaired) electrons. The van der Waals surface area contributed by atoms with Crippen LogP contribution in [0.3, 0.4) is 0 Å². The Morgan fingerprint density at radius 3 is 2.59 bits per heavy atom. The number of carbonyl (C=O) groups excluding carboxylic acids is 1. The van der Waals surface area contributed by atoms with Gasteiger partial charge in [0, 0.05) is 23.9 Å². The average molecular weight is 486 g/mol. The topological polar surface area (TPSA) is 81.7 Å². The summed E-state index contributed by atoms with van der Waals surface area (Å²) >= 11 is 5.94. The highest BCUT2D eigenvalue weighted by Crippen LogP contribution is 2.58. The fourth-order valence-electron chi connectivity index (χ4n) is 4.96. The first kappa shape index (κ1) is 22.8. The van der Waals surface area contributed by atoms with E-state index in [0.717, 1.165) is 12.1 Å². The van der Waals surface area contributed by atoms with E-state index >= 15 is 4.39 Å². The average Bonchev–Trinajstić information content (AvgIpc) is 2.79. The Morgan fingerprint density at radius 2 is 1.91 bits per heavy atom. The largest absolute Gasteiger partial charge is 0.490 e. The van der Waals surface area contributed by atoms with E-state index in [1.54, 1.807) is 0 Å². The minimum absolute atomic E-state index is 0.0451. The minimum Gasteiger partial charge on any atom is -0.490 e. The number of hydrogen-bond acceptors (Lipinski definition) is 5. The summed E-state index contributed by atoms with van der Waals surface area (Å²) in [5.74, 6) is -3.25. The molecule has 3 atom stereocenters. The first-order valence-electron chi connectivity index (χ1n) is 10.2. The molecule has 1 saturated carbocycles. The lowest BCUT2D eigenvalue weighted by molar-refractivity contribution is 0.0337. The van der Waals surface area contributed by atoms with Gasteiger partial charge in [-0.25, -0.2) is 22.0 Å². The maximum atomic E-state index is 15.2. The number of fused-ring (bicyclic) bond motifs is 3. The van der Waals surface area contributed by atoms with Gasteiger partial charge in [0.15, 0.2) is 21.4 Å². The number of hydrogen-bond donors (Lipinski definition) is 1. The summed E-state index contributed by atoms with van der Waals surface area (Å²) in [6.45, 7) is -0.222. The third kappa shape index (κ3) is 3.51. The molecule has 1 aliphatic carbocycles. The Morgan fingerprint density at radius 1 is 1.22 bits per heavy atom. The van der Waals surface area contributed by atoms with E-state index in [1.165, 1.54) is 31.3 Å². The second-order valence-electron chi connectivity index (χ2n) is 8.00. The number of benzene rings is 2. The molecule has 4 rings (SSSR count). The van der Waals surface area contributed by atoms with Gasteiger partial charge in [-0.15, -0.1) is 0 Å². The predicted octanol–water partition coefficient (Wildman–Crippen LogP) is 4.45. The number of sulfone groups is 1. The summed E-state index contributed by atoms with van der Waals surface area (Å²) in [4.78, 5) is 11.6. The van der Waals surface area contributed by atoms with Gasteiger partial charge in [-0.1, -0.05) is 18.0 Å². The molecule has 0 aromatic heterocycles. The van der Waals surface area contributed by atoms with Gasteiger partial charge in [0.2, 0.25) is 0 Å². The molecule has 172 valence electrons. The van der Waals surface area contributed by atoms with Crippen LogP contribution < -0.4 is 10.1 Å². The van der Waals surface area contributed by atoms with Crippen LogP contribution in [0.1, 0.15) is 24.8 Å². The molecule has 3 unspecified atom stereocenters. The van der Waals surface area contributed by atoms with E-state index in [1.807, 2.05) is 0 Å². The highest BCUT2D eigenvalue weighted by molar-refractivity contribution is 7.92. The Hall–Kier alpha value is -2.39. The summed E-state index contributed by atoms with van der Waals surface area (Å²) in [6.07, 6.45) is 0.391. The lowest BCUT2D eigenvalue weighted by Crippen LogP contribution is -2.55. The second-order valence-corrected chi connectivity index (χ2v) is 10.6. The van der Waals surface area contributed by atoms with Crippen molar-refractivity contribution in [3.8, 4) is 5.75 Å². The number of ether oxygens (including phenoxy) is 2. The molecule has 10 heteroatoms. The lowest BCUT2D eigenvalue weighted by atomic mass is 9.67. The molecular formula is C22H22ClF2NO5S. The summed E-state index contributed by atoms with van der Waals surface area (Å²) in [5.41, 5.74) is -0.298. The van der Waals surface area contributed by atoms with Crippen molar-refractivity contribution < 1.29 is 31.5 Å². The van der Waals surface area contributed by atoms with Gasteiger partial charge in [-0.2, -0.15) is 0 Å². The number of alkyl carbamates (subject to hydrolysis) is 1. The molecule has 1 N–H and O–H groups in total. The van der Waals surface area contributed by atoms with Gasteiger partial charge in [0.1, 0.15) is 10.6 Å². The molecular weight excluding hydrogens is 464 g/mol. The number of carbonyl (C=O) groups is 1. The zero-order valence-corrected chi connectivity index (χ0v) is 18.8. The van der Waals surface area contributed by atoms with E-state index in [-0.39, 0.29) is 35.8 Å². The van der Waals surface area contributed by atoms with Crippen LogP contribution in [-0.2, 0) is 19.3 Å². The first-order valence-corrected chi connectivity index (χ1v) is 12.0. The maximum absolute atomic E-state index is 15.2. The van der Waals surface area contributed by atoms with Crippen LogP contribution >= 0.6 is 11.6 Å². The van der Waals surface area contributed by atoms with Crippen LogP contribution in [0.2, 0.25) is 5.02 Å². The Balaban J connectivity index is 1.92. The van der Waals surface area contributed by atoms with Crippen LogP contribution in [0, 0.1) is 23.5 Å². The SMILES string of the molecule is CNC(=O)OCC1CCCC2(S(=O)(=O)c3ccc(Cl)cc3)c3c(F)ccc(F)c3OCC12. The Bertz CT molecular complexity index is 1140. The van der Waals surface area contributed by atoms with E-state index in [2.05, 4.69) is 5.32 Å². The van der Waals surface area contributed by atoms with E-state index in [0.29, 0.717) is 17.9 Å². The van der Waals surface area contributed by atoms with Crippen molar-refractivity contribution >= 4 is 27.5 Å². The molecule has 1 heterocycles. The predicted molar refractivity (Wildman–Crippen MR) is 113 cm³/mol. The Kier molecular flexibility index (Phi) is 6.06. The highest BCUT2D eigenvalue weighted by Gasteiger charge is 2.61. The van der Waals surface area contributed by atoms with E-state index in [4.69, 9.17) is 21.1 Å². The molecule has 0 bridgehead atoms. The third-order valence-corrected chi connectivity index (χ3v) is 9.23.